The number of rotatable bonds is 1. The summed E-state index contributed by atoms with van der Waals surface area (Å²) < 4.78 is 41.7. The summed E-state index contributed by atoms with van der Waals surface area (Å²) in [6, 6.07) is 5.29. The van der Waals surface area contributed by atoms with Gasteiger partial charge in [0.15, 0.2) is 0 Å². The van der Waals surface area contributed by atoms with Gasteiger partial charge in [-0.2, -0.15) is 13.2 Å². The maximum atomic E-state index is 13.9. The summed E-state index contributed by atoms with van der Waals surface area (Å²) in [6.07, 6.45) is -4.61. The van der Waals surface area contributed by atoms with E-state index in [4.69, 9.17) is 0 Å². The van der Waals surface area contributed by atoms with Crippen LogP contribution in [0.4, 0.5) is 18.9 Å². The fourth-order valence-corrected chi connectivity index (χ4v) is 4.10. The van der Waals surface area contributed by atoms with E-state index in [-0.39, 0.29) is 39.4 Å². The van der Waals surface area contributed by atoms with E-state index in [2.05, 4.69) is 15.0 Å². The number of likely N-dealkylation sites (N-methyl/N-ethyl adjacent to an activating group) is 1. The molecule has 1 saturated heterocycles. The zero-order valence-electron chi connectivity index (χ0n) is 17.3. The van der Waals surface area contributed by atoms with E-state index in [1.807, 2.05) is 11.9 Å². The van der Waals surface area contributed by atoms with Crippen molar-refractivity contribution in [1.29, 1.82) is 0 Å². The second-order valence-corrected chi connectivity index (χ2v) is 8.07. The molecule has 0 bridgehead atoms. The molecule has 3 heterocycles. The van der Waals surface area contributed by atoms with Crippen LogP contribution in [-0.2, 0) is 6.18 Å². The fourth-order valence-electron chi connectivity index (χ4n) is 4.10. The Kier molecular flexibility index (Phi) is 4.52. The molecule has 1 aliphatic heterocycles. The highest BCUT2D eigenvalue weighted by Gasteiger charge is 2.38. The van der Waals surface area contributed by atoms with Gasteiger partial charge in [-0.1, -0.05) is 0 Å². The number of ketones is 2. The minimum absolute atomic E-state index is 0.00342. The number of hydrogen-bond donors (Lipinski definition) is 0. The zero-order chi connectivity index (χ0) is 22.8. The number of alkyl halides is 3. The Balaban J connectivity index is 1.70. The summed E-state index contributed by atoms with van der Waals surface area (Å²) in [5.41, 5.74) is -0.601. The van der Waals surface area contributed by atoms with Crippen molar-refractivity contribution in [2.45, 2.75) is 13.1 Å². The predicted molar refractivity (Wildman–Crippen MR) is 110 cm³/mol. The van der Waals surface area contributed by atoms with Gasteiger partial charge in [0.05, 0.1) is 27.8 Å². The van der Waals surface area contributed by atoms with Crippen LogP contribution in [0, 0.1) is 6.92 Å². The summed E-state index contributed by atoms with van der Waals surface area (Å²) in [5.74, 6) is -1.14. The number of carbonyl (C=O) groups is 2. The molecule has 164 valence electrons. The second-order valence-electron chi connectivity index (χ2n) is 8.07. The molecule has 7 nitrogen and oxygen atoms in total. The monoisotopic (exact) mass is 441 g/mol. The molecule has 10 heteroatoms. The molecular formula is C22H18F3N5O2. The molecule has 0 spiro atoms. The van der Waals surface area contributed by atoms with Crippen molar-refractivity contribution in [3.8, 4) is 0 Å². The number of halogens is 3. The number of benzene rings is 1. The van der Waals surface area contributed by atoms with Crippen LogP contribution < -0.4 is 4.90 Å². The van der Waals surface area contributed by atoms with Gasteiger partial charge in [0, 0.05) is 31.9 Å². The van der Waals surface area contributed by atoms with E-state index in [1.54, 1.807) is 17.9 Å². The molecule has 0 N–H and O–H groups in total. The fraction of sp³-hybridized carbons (Fsp3) is 0.318. The Morgan fingerprint density at radius 1 is 0.844 bits per heavy atom. The lowest BCUT2D eigenvalue weighted by atomic mass is 9.93. The van der Waals surface area contributed by atoms with E-state index in [0.29, 0.717) is 31.9 Å². The van der Waals surface area contributed by atoms with Crippen LogP contribution in [0.1, 0.15) is 43.5 Å². The molecule has 0 atom stereocenters. The smallest absolute Gasteiger partial charge is 0.368 e. The largest absolute Gasteiger partial charge is 0.418 e. The third-order valence-corrected chi connectivity index (χ3v) is 5.86. The van der Waals surface area contributed by atoms with E-state index >= 15 is 0 Å². The summed E-state index contributed by atoms with van der Waals surface area (Å²) in [6.45, 7) is 3.80. The van der Waals surface area contributed by atoms with Crippen molar-refractivity contribution in [2.75, 3.05) is 38.1 Å². The maximum absolute atomic E-state index is 13.9. The number of hydrogen-bond acceptors (Lipinski definition) is 7. The zero-order valence-corrected chi connectivity index (χ0v) is 17.3. The average molecular weight is 441 g/mol. The third kappa shape index (κ3) is 3.22. The quantitative estimate of drug-likeness (QED) is 0.449. The minimum Gasteiger partial charge on any atom is -0.368 e. The Morgan fingerprint density at radius 2 is 1.47 bits per heavy atom. The number of aryl methyl sites for hydroxylation is 1. The lowest BCUT2D eigenvalue weighted by Gasteiger charge is -2.35. The Labute approximate surface area is 180 Å². The topological polar surface area (TPSA) is 79.3 Å². The first-order chi connectivity index (χ1) is 15.1. The van der Waals surface area contributed by atoms with E-state index in [1.165, 1.54) is 12.1 Å². The molecule has 0 saturated carbocycles. The van der Waals surface area contributed by atoms with Crippen LogP contribution in [0.25, 0.3) is 11.0 Å². The highest BCUT2D eigenvalue weighted by molar-refractivity contribution is 6.26. The number of fused-ring (bicyclic) bond motifs is 3. The Morgan fingerprint density at radius 3 is 2.12 bits per heavy atom. The molecular weight excluding hydrogens is 423 g/mol. The van der Waals surface area contributed by atoms with Crippen LogP contribution >= 0.6 is 0 Å². The highest BCUT2D eigenvalue weighted by atomic mass is 19.4. The van der Waals surface area contributed by atoms with E-state index in [0.717, 1.165) is 6.07 Å². The van der Waals surface area contributed by atoms with Gasteiger partial charge in [-0.15, -0.1) is 0 Å². The van der Waals surface area contributed by atoms with Crippen LogP contribution in [0.15, 0.2) is 24.3 Å². The van der Waals surface area contributed by atoms with Crippen molar-refractivity contribution < 1.29 is 22.8 Å². The van der Waals surface area contributed by atoms with Crippen LogP contribution in [0.2, 0.25) is 0 Å². The van der Waals surface area contributed by atoms with Crippen molar-refractivity contribution in [3.05, 3.63) is 58.2 Å². The molecule has 1 aliphatic carbocycles. The second kappa shape index (κ2) is 7.06. The van der Waals surface area contributed by atoms with Gasteiger partial charge in [0.25, 0.3) is 0 Å². The van der Waals surface area contributed by atoms with E-state index in [9.17, 15) is 22.8 Å². The lowest BCUT2D eigenvalue weighted by molar-refractivity contribution is -0.137. The maximum Gasteiger partial charge on any atom is 0.418 e. The van der Waals surface area contributed by atoms with Gasteiger partial charge in [-0.3, -0.25) is 9.59 Å². The molecule has 2 aliphatic rings. The molecule has 0 amide bonds. The average Bonchev–Trinajstić information content (AvgIpc) is 2.75. The summed E-state index contributed by atoms with van der Waals surface area (Å²) >= 11 is 0. The van der Waals surface area contributed by atoms with Gasteiger partial charge in [-0.25, -0.2) is 15.0 Å². The van der Waals surface area contributed by atoms with E-state index < -0.39 is 23.3 Å². The van der Waals surface area contributed by atoms with Crippen LogP contribution in [0.5, 0.6) is 0 Å². The molecule has 32 heavy (non-hydrogen) atoms. The van der Waals surface area contributed by atoms with Gasteiger partial charge in [-0.05, 0) is 38.2 Å². The molecule has 0 radical (unpaired) electrons. The van der Waals surface area contributed by atoms with Crippen LogP contribution in [0.3, 0.4) is 0 Å². The van der Waals surface area contributed by atoms with Crippen molar-refractivity contribution >= 4 is 28.3 Å². The lowest BCUT2D eigenvalue weighted by Crippen LogP contribution is -2.45. The van der Waals surface area contributed by atoms with Crippen LogP contribution in [-0.4, -0.2) is 64.6 Å². The first kappa shape index (κ1) is 20.5. The highest BCUT2D eigenvalue weighted by Crippen LogP contribution is 2.39. The summed E-state index contributed by atoms with van der Waals surface area (Å²) in [7, 11) is 1.91. The van der Waals surface area contributed by atoms with Crippen molar-refractivity contribution in [3.63, 3.8) is 0 Å². The van der Waals surface area contributed by atoms with Gasteiger partial charge in [0.1, 0.15) is 17.1 Å². The first-order valence-electron chi connectivity index (χ1n) is 10.1. The van der Waals surface area contributed by atoms with Gasteiger partial charge >= 0.3 is 6.18 Å². The van der Waals surface area contributed by atoms with Gasteiger partial charge in [0.2, 0.25) is 11.6 Å². The summed E-state index contributed by atoms with van der Waals surface area (Å²) in [5, 5.41) is 0. The SMILES string of the molecule is Cc1ccc2c(n1)C(=O)c1nc3cc(N4CCN(C)CC4)c(C(F)(F)F)cc3nc1C2=O. The number of pyridine rings is 1. The number of carbonyl (C=O) groups excluding carboxylic acids is 2. The minimum atomic E-state index is -4.61. The van der Waals surface area contributed by atoms with Crippen molar-refractivity contribution in [1.82, 2.24) is 19.9 Å². The predicted octanol–water partition coefficient (Wildman–Crippen LogP) is 2.88. The molecule has 2 aromatic heterocycles. The number of nitrogens with zero attached hydrogens (tertiary/aromatic N) is 5. The molecule has 3 aromatic rings. The number of piperazine rings is 1. The molecule has 0 unspecified atom stereocenters. The standard InChI is InChI=1S/C22H18F3N5O2/c1-11-3-4-12-17(26-11)21(32)19-18(20(12)31)27-14-9-13(22(23,24)25)16(10-15(14)28-19)30-7-5-29(2)6-8-30/h3-4,9-10H,5-8H2,1-2H3. The molecule has 1 fully saturated rings. The third-order valence-electron chi connectivity index (χ3n) is 5.86. The van der Waals surface area contributed by atoms with Crippen molar-refractivity contribution in [2.24, 2.45) is 0 Å². The molecule has 5 rings (SSSR count). The number of anilines is 1. The number of aromatic nitrogens is 3. The summed E-state index contributed by atoms with van der Waals surface area (Å²) in [4.78, 5) is 42.2. The Hall–Kier alpha value is -3.40. The molecule has 1 aromatic carbocycles. The normalized spacial score (nSPS) is 17.0. The first-order valence-corrected chi connectivity index (χ1v) is 10.1. The Bertz CT molecular complexity index is 1300. The van der Waals surface area contributed by atoms with Gasteiger partial charge < -0.3 is 9.80 Å².